The summed E-state index contributed by atoms with van der Waals surface area (Å²) in [5, 5.41) is 17.8. The highest BCUT2D eigenvalue weighted by Gasteiger charge is 2.28. The molecule has 1 aliphatic heterocycles. The molecule has 3 rings (SSSR count). The first-order valence-corrected chi connectivity index (χ1v) is 17.7. The van der Waals surface area contributed by atoms with Crippen molar-refractivity contribution in [2.24, 2.45) is 5.73 Å². The standard InChI is InChI=1S/C22H35ClN2O.C12H19N3O2.C2H6.CH5N/c1-4-7-12-25(21(5-2)6-3)22-10-13-24(14-11-22)16-18-8-9-20(23)15-19(18)17-26;1-7(12-14-13-11(5)17-12)8(2)15(6)9(3)10(4)16;2*1-2/h8-9,15,17,21-22H,4-7,10-14,16H2,1-3H3;9,16H,4H2,1-3,5-6H3;1-2H3;2H2,1H3/b;8-7+;;. The highest BCUT2D eigenvalue weighted by Crippen LogP contribution is 2.25. The zero-order valence-corrected chi connectivity index (χ0v) is 32.0. The van der Waals surface area contributed by atoms with Crippen molar-refractivity contribution in [2.45, 2.75) is 126 Å². The third-order valence-corrected chi connectivity index (χ3v) is 9.05. The van der Waals surface area contributed by atoms with Gasteiger partial charge >= 0.3 is 0 Å². The van der Waals surface area contributed by atoms with Crippen LogP contribution in [0.3, 0.4) is 0 Å². The molecule has 0 bridgehead atoms. The summed E-state index contributed by atoms with van der Waals surface area (Å²) >= 11 is 6.01. The Kier molecular flexibility index (Phi) is 23.0. The molecule has 268 valence electrons. The number of allylic oxidation sites excluding steroid dienone is 2. The smallest absolute Gasteiger partial charge is 0.245 e. The minimum atomic E-state index is -0.158. The van der Waals surface area contributed by atoms with Crippen LogP contribution in [0.4, 0.5) is 0 Å². The topological polar surface area (TPSA) is 112 Å². The maximum atomic E-state index is 11.3. The average Bonchev–Trinajstić information content (AvgIpc) is 3.54. The van der Waals surface area contributed by atoms with Gasteiger partial charge in [0.1, 0.15) is 12.0 Å². The Morgan fingerprint density at radius 2 is 1.77 bits per heavy atom. The van der Waals surface area contributed by atoms with Crippen LogP contribution in [0.15, 0.2) is 40.7 Å². The lowest BCUT2D eigenvalue weighted by molar-refractivity contribution is 0.0656. The van der Waals surface area contributed by atoms with Gasteiger partial charge in [0, 0.05) is 54.5 Å². The number of rotatable bonds is 14. The fraction of sp³-hybridized carbons (Fsp3) is 0.649. The normalized spacial score (nSPS) is 14.5. The quantitative estimate of drug-likeness (QED) is 0.150. The van der Waals surface area contributed by atoms with Gasteiger partial charge in [0.05, 0.1) is 6.04 Å². The van der Waals surface area contributed by atoms with Gasteiger partial charge in [-0.3, -0.25) is 14.6 Å². The number of halogens is 1. The zero-order valence-electron chi connectivity index (χ0n) is 31.3. The Morgan fingerprint density at radius 1 is 1.17 bits per heavy atom. The predicted octanol–water partition coefficient (Wildman–Crippen LogP) is 8.53. The molecule has 0 saturated carbocycles. The number of nitrogens with two attached hydrogens (primary N) is 1. The van der Waals surface area contributed by atoms with Crippen LogP contribution in [0, 0.1) is 6.92 Å². The third-order valence-electron chi connectivity index (χ3n) is 8.82. The maximum absolute atomic E-state index is 11.3. The summed E-state index contributed by atoms with van der Waals surface area (Å²) in [4.78, 5) is 18.5. The van der Waals surface area contributed by atoms with Crippen LogP contribution < -0.4 is 5.73 Å². The average molecular weight is 677 g/mol. The van der Waals surface area contributed by atoms with Crippen LogP contribution in [0.5, 0.6) is 0 Å². The van der Waals surface area contributed by atoms with E-state index < -0.39 is 0 Å². The third kappa shape index (κ3) is 14.5. The summed E-state index contributed by atoms with van der Waals surface area (Å²) in [5.41, 5.74) is 8.16. The second kappa shape index (κ2) is 24.4. The van der Waals surface area contributed by atoms with Gasteiger partial charge in [0.2, 0.25) is 11.8 Å². The lowest BCUT2D eigenvalue weighted by Gasteiger charge is -2.42. The van der Waals surface area contributed by atoms with Crippen molar-refractivity contribution in [3.63, 3.8) is 0 Å². The number of aldehydes is 1. The molecule has 1 fully saturated rings. The van der Waals surface area contributed by atoms with Gasteiger partial charge in [0.15, 0.2) is 0 Å². The molecule has 3 N–H and O–H groups in total. The van der Waals surface area contributed by atoms with Crippen molar-refractivity contribution in [1.82, 2.24) is 24.9 Å². The number of aromatic nitrogens is 2. The number of hydrogen-bond donors (Lipinski definition) is 2. The SMILES string of the molecule is C=C(O)C(C)N(C)/C(C)=C(\C)c1nnc(C)o1.CC.CCCCN(C(CC)CC)C1CCN(Cc2ccc(Cl)cc2C=O)CC1.CN. The number of nitrogens with zero attached hydrogens (tertiary/aromatic N) is 5. The lowest BCUT2D eigenvalue weighted by Crippen LogP contribution is -2.49. The number of carbonyl (C=O) groups is 1. The van der Waals surface area contributed by atoms with E-state index in [-0.39, 0.29) is 11.8 Å². The number of piperidine rings is 1. The number of likely N-dealkylation sites (N-methyl/N-ethyl adjacent to an activating group) is 1. The number of carbonyl (C=O) groups excluding carboxylic acids is 1. The van der Waals surface area contributed by atoms with Gasteiger partial charge in [-0.25, -0.2) is 0 Å². The van der Waals surface area contributed by atoms with Crippen LogP contribution in [0.25, 0.3) is 5.57 Å². The van der Waals surface area contributed by atoms with E-state index in [1.807, 2.05) is 58.7 Å². The number of unbranched alkanes of at least 4 members (excludes halogenated alkanes) is 1. The van der Waals surface area contributed by atoms with Crippen LogP contribution in [0.1, 0.15) is 122 Å². The molecule has 0 spiro atoms. The monoisotopic (exact) mass is 676 g/mol. The molecule has 10 heteroatoms. The number of aryl methyl sites for hydroxylation is 1. The van der Waals surface area contributed by atoms with E-state index in [2.05, 4.69) is 53.1 Å². The number of aliphatic hydroxyl groups is 1. The van der Waals surface area contributed by atoms with Gasteiger partial charge < -0.3 is 20.2 Å². The summed E-state index contributed by atoms with van der Waals surface area (Å²) < 4.78 is 5.37. The van der Waals surface area contributed by atoms with E-state index in [4.69, 9.17) is 16.0 Å². The first-order valence-electron chi connectivity index (χ1n) is 17.3. The van der Waals surface area contributed by atoms with E-state index in [1.54, 1.807) is 13.0 Å². The van der Waals surface area contributed by atoms with E-state index in [0.29, 0.717) is 22.8 Å². The van der Waals surface area contributed by atoms with Crippen molar-refractivity contribution in [3.05, 3.63) is 64.2 Å². The number of hydrogen-bond acceptors (Lipinski definition) is 9. The molecule has 1 unspecified atom stereocenters. The molecule has 2 aromatic rings. The highest BCUT2D eigenvalue weighted by atomic mass is 35.5. The minimum absolute atomic E-state index is 0.126. The van der Waals surface area contributed by atoms with Crippen LogP contribution in [0.2, 0.25) is 5.02 Å². The fourth-order valence-corrected chi connectivity index (χ4v) is 5.79. The van der Waals surface area contributed by atoms with Gasteiger partial charge in [-0.05, 0) is 97.3 Å². The second-order valence-corrected chi connectivity index (χ2v) is 12.1. The van der Waals surface area contributed by atoms with E-state index >= 15 is 0 Å². The van der Waals surface area contributed by atoms with Crippen molar-refractivity contribution in [1.29, 1.82) is 0 Å². The molecular weight excluding hydrogens is 612 g/mol. The van der Waals surface area contributed by atoms with Gasteiger partial charge in [0.25, 0.3) is 0 Å². The molecule has 1 aliphatic rings. The molecule has 0 aliphatic carbocycles. The van der Waals surface area contributed by atoms with E-state index in [1.165, 1.54) is 52.1 Å². The molecule has 9 nitrogen and oxygen atoms in total. The molecular formula is C37H65ClN6O3. The van der Waals surface area contributed by atoms with Crippen LogP contribution in [-0.4, -0.2) is 88.1 Å². The molecule has 1 aromatic carbocycles. The first kappa shape index (κ1) is 44.3. The number of benzene rings is 1. The molecule has 0 radical (unpaired) electrons. The first-order chi connectivity index (χ1) is 22.5. The van der Waals surface area contributed by atoms with Crippen molar-refractivity contribution in [3.8, 4) is 0 Å². The molecule has 47 heavy (non-hydrogen) atoms. The van der Waals surface area contributed by atoms with Crippen molar-refractivity contribution in [2.75, 3.05) is 33.7 Å². The van der Waals surface area contributed by atoms with E-state index in [9.17, 15) is 9.90 Å². The Labute approximate surface area is 291 Å². The van der Waals surface area contributed by atoms with E-state index in [0.717, 1.165) is 54.4 Å². The molecule has 1 saturated heterocycles. The Morgan fingerprint density at radius 3 is 2.23 bits per heavy atom. The number of likely N-dealkylation sites (tertiary alicyclic amines) is 1. The molecule has 1 aromatic heterocycles. The van der Waals surface area contributed by atoms with Crippen molar-refractivity contribution < 1.29 is 14.3 Å². The Bertz CT molecular complexity index is 1190. The lowest BCUT2D eigenvalue weighted by atomic mass is 9.97. The highest BCUT2D eigenvalue weighted by molar-refractivity contribution is 6.30. The molecule has 2 heterocycles. The summed E-state index contributed by atoms with van der Waals surface area (Å²) in [6, 6.07) is 6.92. The summed E-state index contributed by atoms with van der Waals surface area (Å²) in [5.74, 6) is 1.17. The zero-order chi connectivity index (χ0) is 36.1. The van der Waals surface area contributed by atoms with Gasteiger partial charge in [-0.2, -0.15) is 0 Å². The predicted molar refractivity (Wildman–Crippen MR) is 199 cm³/mol. The largest absolute Gasteiger partial charge is 0.511 e. The van der Waals surface area contributed by atoms with Crippen LogP contribution in [-0.2, 0) is 6.54 Å². The van der Waals surface area contributed by atoms with Crippen LogP contribution >= 0.6 is 11.6 Å². The van der Waals surface area contributed by atoms with Gasteiger partial charge in [-0.1, -0.05) is 65.3 Å². The minimum Gasteiger partial charge on any atom is -0.511 e. The summed E-state index contributed by atoms with van der Waals surface area (Å²) in [7, 11) is 3.38. The maximum Gasteiger partial charge on any atom is 0.245 e. The fourth-order valence-electron chi connectivity index (χ4n) is 5.61. The van der Waals surface area contributed by atoms with Crippen molar-refractivity contribution >= 4 is 23.5 Å². The Balaban J connectivity index is 0.000000873. The summed E-state index contributed by atoms with van der Waals surface area (Å²) in [6.45, 7) is 26.2. The van der Waals surface area contributed by atoms with Gasteiger partial charge in [-0.15, -0.1) is 10.2 Å². The summed E-state index contributed by atoms with van der Waals surface area (Å²) in [6.07, 6.45) is 8.43. The second-order valence-electron chi connectivity index (χ2n) is 11.6. The number of aliphatic hydroxyl groups excluding tert-OH is 1. The molecule has 1 atom stereocenters. The Hall–Kier alpha value is -2.72. The molecule has 0 amide bonds.